The number of rotatable bonds is 6. The van der Waals surface area contributed by atoms with Gasteiger partial charge in [-0.3, -0.25) is 0 Å². The molecule has 74 valence electrons. The lowest BCUT2D eigenvalue weighted by molar-refractivity contribution is -0.0482. The normalized spacial score (nSPS) is 12.5. The monoisotopic (exact) mass is 180 g/mol. The molecule has 0 aromatic carbocycles. The summed E-state index contributed by atoms with van der Waals surface area (Å²) in [7, 11) is 0. The third-order valence-corrected chi connectivity index (χ3v) is 1.53. The molecule has 0 amide bonds. The maximum atomic E-state index is 12.8. The predicted molar refractivity (Wildman–Crippen MR) is 45.6 cm³/mol. The number of hydrogen-bond acceptors (Lipinski definition) is 1. The Kier molecular flexibility index (Phi) is 5.38. The molecular weight excluding hydrogens is 162 g/mol. The SMILES string of the molecule is CCCC(F)(F)CCOC(C)C. The highest BCUT2D eigenvalue weighted by Gasteiger charge is 2.26. The zero-order valence-electron chi connectivity index (χ0n) is 8.07. The van der Waals surface area contributed by atoms with Crippen LogP contribution in [-0.2, 0) is 4.74 Å². The van der Waals surface area contributed by atoms with Crippen LogP contribution in [0.2, 0.25) is 0 Å². The fraction of sp³-hybridized carbons (Fsp3) is 1.00. The molecule has 0 aliphatic rings. The van der Waals surface area contributed by atoms with Crippen molar-refractivity contribution in [3.05, 3.63) is 0 Å². The summed E-state index contributed by atoms with van der Waals surface area (Å²) in [5, 5.41) is 0. The lowest BCUT2D eigenvalue weighted by Crippen LogP contribution is -2.19. The summed E-state index contributed by atoms with van der Waals surface area (Å²) >= 11 is 0. The minimum atomic E-state index is -2.54. The van der Waals surface area contributed by atoms with Crippen molar-refractivity contribution in [1.82, 2.24) is 0 Å². The van der Waals surface area contributed by atoms with Crippen LogP contribution >= 0.6 is 0 Å². The quantitative estimate of drug-likeness (QED) is 0.609. The first-order chi connectivity index (χ1) is 5.48. The molecule has 0 aromatic rings. The van der Waals surface area contributed by atoms with Gasteiger partial charge in [-0.05, 0) is 13.8 Å². The summed E-state index contributed by atoms with van der Waals surface area (Å²) in [6, 6.07) is 0. The topological polar surface area (TPSA) is 9.23 Å². The number of alkyl halides is 2. The third kappa shape index (κ3) is 6.53. The Morgan fingerprint density at radius 1 is 1.25 bits per heavy atom. The molecule has 0 heterocycles. The molecular formula is C9H18F2O. The standard InChI is InChI=1S/C9H18F2O/c1-4-5-9(10,11)6-7-12-8(2)3/h8H,4-7H2,1-3H3. The van der Waals surface area contributed by atoms with Gasteiger partial charge >= 0.3 is 0 Å². The van der Waals surface area contributed by atoms with Gasteiger partial charge in [-0.2, -0.15) is 0 Å². The van der Waals surface area contributed by atoms with Gasteiger partial charge in [-0.15, -0.1) is 0 Å². The van der Waals surface area contributed by atoms with Crippen molar-refractivity contribution in [3.8, 4) is 0 Å². The average Bonchev–Trinajstić information content (AvgIpc) is 1.85. The van der Waals surface area contributed by atoms with E-state index in [1.54, 1.807) is 6.92 Å². The highest BCUT2D eigenvalue weighted by molar-refractivity contribution is 4.64. The molecule has 0 atom stereocenters. The van der Waals surface area contributed by atoms with Crippen molar-refractivity contribution in [2.75, 3.05) is 6.61 Å². The van der Waals surface area contributed by atoms with Gasteiger partial charge in [0.1, 0.15) is 0 Å². The van der Waals surface area contributed by atoms with E-state index >= 15 is 0 Å². The second-order valence-corrected chi connectivity index (χ2v) is 3.28. The summed E-state index contributed by atoms with van der Waals surface area (Å²) in [6.45, 7) is 5.61. The van der Waals surface area contributed by atoms with Gasteiger partial charge in [0.2, 0.25) is 5.92 Å². The first kappa shape index (κ1) is 11.8. The van der Waals surface area contributed by atoms with Crippen LogP contribution in [0.1, 0.15) is 40.0 Å². The zero-order chi connectivity index (χ0) is 9.61. The maximum Gasteiger partial charge on any atom is 0.250 e. The lowest BCUT2D eigenvalue weighted by atomic mass is 10.1. The zero-order valence-corrected chi connectivity index (χ0v) is 8.07. The summed E-state index contributed by atoms with van der Waals surface area (Å²) in [5.41, 5.74) is 0. The van der Waals surface area contributed by atoms with Crippen molar-refractivity contribution in [2.24, 2.45) is 0 Å². The lowest BCUT2D eigenvalue weighted by Gasteiger charge is -2.16. The highest BCUT2D eigenvalue weighted by Crippen LogP contribution is 2.24. The van der Waals surface area contributed by atoms with E-state index in [1.165, 1.54) is 0 Å². The Morgan fingerprint density at radius 2 is 1.83 bits per heavy atom. The minimum absolute atomic E-state index is 0.0333. The van der Waals surface area contributed by atoms with E-state index in [9.17, 15) is 8.78 Å². The number of ether oxygens (including phenoxy) is 1. The molecule has 0 rings (SSSR count). The van der Waals surface area contributed by atoms with Gasteiger partial charge in [0.05, 0.1) is 12.7 Å². The molecule has 0 aliphatic heterocycles. The Balaban J connectivity index is 3.46. The van der Waals surface area contributed by atoms with Gasteiger partial charge in [-0.1, -0.05) is 13.3 Å². The summed E-state index contributed by atoms with van der Waals surface area (Å²) < 4.78 is 30.6. The van der Waals surface area contributed by atoms with Gasteiger partial charge in [0, 0.05) is 12.8 Å². The molecule has 0 radical (unpaired) electrons. The summed E-state index contributed by atoms with van der Waals surface area (Å²) in [5.74, 6) is -2.54. The predicted octanol–water partition coefficient (Wildman–Crippen LogP) is 3.24. The summed E-state index contributed by atoms with van der Waals surface area (Å²) in [6.07, 6.45) is 0.379. The molecule has 0 spiro atoms. The third-order valence-electron chi connectivity index (χ3n) is 1.53. The van der Waals surface area contributed by atoms with Crippen molar-refractivity contribution in [3.63, 3.8) is 0 Å². The average molecular weight is 180 g/mol. The van der Waals surface area contributed by atoms with Crippen LogP contribution in [0, 0.1) is 0 Å². The van der Waals surface area contributed by atoms with E-state index < -0.39 is 5.92 Å². The molecule has 0 saturated heterocycles. The van der Waals surface area contributed by atoms with Gasteiger partial charge in [0.25, 0.3) is 0 Å². The van der Waals surface area contributed by atoms with Crippen molar-refractivity contribution in [1.29, 1.82) is 0 Å². The molecule has 3 heteroatoms. The molecule has 0 unspecified atom stereocenters. The van der Waals surface area contributed by atoms with Crippen LogP contribution in [0.15, 0.2) is 0 Å². The van der Waals surface area contributed by atoms with Crippen LogP contribution in [0.4, 0.5) is 8.78 Å². The van der Waals surface area contributed by atoms with Crippen LogP contribution in [0.3, 0.4) is 0 Å². The van der Waals surface area contributed by atoms with E-state index in [2.05, 4.69) is 0 Å². The van der Waals surface area contributed by atoms with E-state index in [4.69, 9.17) is 4.74 Å². The Labute approximate surface area is 73.1 Å². The molecule has 0 aliphatic carbocycles. The van der Waals surface area contributed by atoms with Crippen LogP contribution in [0.5, 0.6) is 0 Å². The van der Waals surface area contributed by atoms with E-state index in [0.717, 1.165) is 0 Å². The van der Waals surface area contributed by atoms with Gasteiger partial charge in [-0.25, -0.2) is 8.78 Å². The second-order valence-electron chi connectivity index (χ2n) is 3.28. The smallest absolute Gasteiger partial charge is 0.250 e. The van der Waals surface area contributed by atoms with Crippen LogP contribution in [0.25, 0.3) is 0 Å². The fourth-order valence-corrected chi connectivity index (χ4v) is 0.935. The van der Waals surface area contributed by atoms with Gasteiger partial charge < -0.3 is 4.74 Å². The summed E-state index contributed by atoms with van der Waals surface area (Å²) in [4.78, 5) is 0. The molecule has 0 N–H and O–H groups in total. The van der Waals surface area contributed by atoms with Crippen molar-refractivity contribution >= 4 is 0 Å². The first-order valence-corrected chi connectivity index (χ1v) is 4.47. The van der Waals surface area contributed by atoms with E-state index in [1.807, 2.05) is 13.8 Å². The highest BCUT2D eigenvalue weighted by atomic mass is 19.3. The maximum absolute atomic E-state index is 12.8. The molecule has 0 saturated carbocycles. The fourth-order valence-electron chi connectivity index (χ4n) is 0.935. The Hall–Kier alpha value is -0.180. The first-order valence-electron chi connectivity index (χ1n) is 4.47. The number of hydrogen-bond donors (Lipinski definition) is 0. The van der Waals surface area contributed by atoms with Gasteiger partial charge in [0.15, 0.2) is 0 Å². The van der Waals surface area contributed by atoms with E-state index in [0.29, 0.717) is 6.42 Å². The Bertz CT molecular complexity index is 113. The van der Waals surface area contributed by atoms with Crippen molar-refractivity contribution < 1.29 is 13.5 Å². The second kappa shape index (κ2) is 5.46. The molecule has 0 aromatic heterocycles. The molecule has 1 nitrogen and oxygen atoms in total. The molecule has 12 heavy (non-hydrogen) atoms. The van der Waals surface area contributed by atoms with Crippen LogP contribution in [-0.4, -0.2) is 18.6 Å². The Morgan fingerprint density at radius 3 is 2.25 bits per heavy atom. The van der Waals surface area contributed by atoms with Crippen LogP contribution < -0.4 is 0 Å². The minimum Gasteiger partial charge on any atom is -0.379 e. The largest absolute Gasteiger partial charge is 0.379 e. The molecule has 0 bridgehead atoms. The van der Waals surface area contributed by atoms with E-state index in [-0.39, 0.29) is 25.6 Å². The van der Waals surface area contributed by atoms with Crippen molar-refractivity contribution in [2.45, 2.75) is 52.1 Å². The molecule has 0 fully saturated rings. The number of halogens is 2.